The highest BCUT2D eigenvalue weighted by atomic mass is 16.5. The van der Waals surface area contributed by atoms with Gasteiger partial charge in [-0.05, 0) is 41.1 Å². The number of unbranched alkanes of at least 4 members (excludes halogenated alkanes) is 1. The van der Waals surface area contributed by atoms with E-state index in [0.717, 1.165) is 18.5 Å². The zero-order chi connectivity index (χ0) is 15.8. The predicted octanol–water partition coefficient (Wildman–Crippen LogP) is 0.735. The van der Waals surface area contributed by atoms with Crippen LogP contribution in [0.3, 0.4) is 0 Å². The number of aromatic nitrogens is 4. The Morgan fingerprint density at radius 3 is 2.68 bits per heavy atom. The summed E-state index contributed by atoms with van der Waals surface area (Å²) in [5.41, 5.74) is 1.08. The molecule has 0 saturated carbocycles. The minimum atomic E-state index is -0.547. The molecule has 0 unspecified atom stereocenters. The lowest BCUT2D eigenvalue weighted by Gasteiger charge is -2.06. The van der Waals surface area contributed by atoms with E-state index in [0.29, 0.717) is 12.1 Å². The normalized spacial score (nSPS) is 10.2. The summed E-state index contributed by atoms with van der Waals surface area (Å²) in [7, 11) is 0. The minimum absolute atomic E-state index is 0.280. The molecule has 0 saturated heterocycles. The second-order valence-corrected chi connectivity index (χ2v) is 4.58. The average molecular weight is 303 g/mol. The van der Waals surface area contributed by atoms with E-state index in [2.05, 4.69) is 20.8 Å². The van der Waals surface area contributed by atoms with Crippen LogP contribution in [-0.4, -0.2) is 45.2 Å². The smallest absolute Gasteiger partial charge is 0.338 e. The maximum atomic E-state index is 11.8. The van der Waals surface area contributed by atoms with E-state index in [1.54, 1.807) is 24.3 Å². The first-order valence-electron chi connectivity index (χ1n) is 6.98. The summed E-state index contributed by atoms with van der Waals surface area (Å²) in [5, 5.41) is 13.5. The van der Waals surface area contributed by atoms with Gasteiger partial charge in [0.1, 0.15) is 6.33 Å². The van der Waals surface area contributed by atoms with Gasteiger partial charge in [0, 0.05) is 6.54 Å². The van der Waals surface area contributed by atoms with Gasteiger partial charge >= 0.3 is 5.97 Å². The second kappa shape index (κ2) is 7.87. The van der Waals surface area contributed by atoms with E-state index < -0.39 is 5.97 Å². The van der Waals surface area contributed by atoms with Gasteiger partial charge in [0.2, 0.25) is 0 Å². The van der Waals surface area contributed by atoms with Crippen molar-refractivity contribution in [1.82, 2.24) is 25.5 Å². The van der Waals surface area contributed by atoms with Crippen LogP contribution in [0.1, 0.15) is 30.1 Å². The summed E-state index contributed by atoms with van der Waals surface area (Å²) >= 11 is 0. The number of nitrogens with one attached hydrogen (secondary N) is 1. The van der Waals surface area contributed by atoms with Gasteiger partial charge in [-0.1, -0.05) is 13.3 Å². The molecule has 1 N–H and O–H groups in total. The van der Waals surface area contributed by atoms with Gasteiger partial charge < -0.3 is 10.1 Å². The van der Waals surface area contributed by atoms with E-state index in [1.165, 1.54) is 11.0 Å². The minimum Gasteiger partial charge on any atom is -0.452 e. The van der Waals surface area contributed by atoms with Gasteiger partial charge in [0.15, 0.2) is 6.61 Å². The number of rotatable bonds is 7. The Balaban J connectivity index is 1.84. The summed E-state index contributed by atoms with van der Waals surface area (Å²) in [5.74, 6) is -0.846. The maximum absolute atomic E-state index is 11.8. The molecule has 8 heteroatoms. The molecule has 0 atom stereocenters. The Hall–Kier alpha value is -2.77. The molecule has 1 heterocycles. The Kier molecular flexibility index (Phi) is 5.58. The summed E-state index contributed by atoms with van der Waals surface area (Å²) in [4.78, 5) is 23.3. The predicted molar refractivity (Wildman–Crippen MR) is 77.4 cm³/mol. The van der Waals surface area contributed by atoms with E-state index >= 15 is 0 Å². The number of amides is 1. The van der Waals surface area contributed by atoms with Crippen LogP contribution in [0.2, 0.25) is 0 Å². The van der Waals surface area contributed by atoms with E-state index in [9.17, 15) is 9.59 Å². The number of nitrogens with zero attached hydrogens (tertiary/aromatic N) is 4. The van der Waals surface area contributed by atoms with Crippen molar-refractivity contribution in [3.63, 3.8) is 0 Å². The number of hydrogen-bond acceptors (Lipinski definition) is 6. The van der Waals surface area contributed by atoms with Crippen molar-refractivity contribution < 1.29 is 14.3 Å². The molecule has 22 heavy (non-hydrogen) atoms. The molecule has 2 aromatic rings. The molecule has 0 fully saturated rings. The maximum Gasteiger partial charge on any atom is 0.338 e. The molecule has 1 amide bonds. The van der Waals surface area contributed by atoms with Crippen LogP contribution in [0, 0.1) is 0 Å². The third-order valence-electron chi connectivity index (χ3n) is 2.90. The van der Waals surface area contributed by atoms with Crippen LogP contribution in [0.4, 0.5) is 0 Å². The van der Waals surface area contributed by atoms with Gasteiger partial charge in [-0.3, -0.25) is 4.79 Å². The van der Waals surface area contributed by atoms with Gasteiger partial charge in [-0.15, -0.1) is 5.10 Å². The fourth-order valence-electron chi connectivity index (χ4n) is 1.70. The number of tetrazole rings is 1. The molecule has 1 aromatic heterocycles. The van der Waals surface area contributed by atoms with Crippen LogP contribution in [-0.2, 0) is 9.53 Å². The van der Waals surface area contributed by atoms with Gasteiger partial charge in [-0.2, -0.15) is 0 Å². The van der Waals surface area contributed by atoms with Crippen LogP contribution < -0.4 is 5.32 Å². The molecule has 8 nitrogen and oxygen atoms in total. The zero-order valence-corrected chi connectivity index (χ0v) is 12.2. The number of carbonyl (C=O) groups is 2. The number of esters is 1. The molecule has 116 valence electrons. The van der Waals surface area contributed by atoms with Crippen molar-refractivity contribution in [1.29, 1.82) is 0 Å². The van der Waals surface area contributed by atoms with E-state index in [-0.39, 0.29) is 12.5 Å². The van der Waals surface area contributed by atoms with Crippen molar-refractivity contribution in [3.05, 3.63) is 36.2 Å². The largest absolute Gasteiger partial charge is 0.452 e. The summed E-state index contributed by atoms with van der Waals surface area (Å²) in [6.45, 7) is 2.34. The van der Waals surface area contributed by atoms with Crippen molar-refractivity contribution in [2.24, 2.45) is 0 Å². The molecule has 0 spiro atoms. The number of carbonyl (C=O) groups excluding carboxylic acids is 2. The molecule has 1 aromatic carbocycles. The van der Waals surface area contributed by atoms with Crippen LogP contribution in [0.25, 0.3) is 5.69 Å². The van der Waals surface area contributed by atoms with Crippen LogP contribution in [0.5, 0.6) is 0 Å². The Morgan fingerprint density at radius 1 is 1.27 bits per heavy atom. The highest BCUT2D eigenvalue weighted by molar-refractivity contribution is 5.91. The van der Waals surface area contributed by atoms with Crippen molar-refractivity contribution in [3.8, 4) is 5.69 Å². The molecular weight excluding hydrogens is 286 g/mol. The topological polar surface area (TPSA) is 99.0 Å². The number of ether oxygens (including phenoxy) is 1. The van der Waals surface area contributed by atoms with E-state index in [4.69, 9.17) is 4.74 Å². The zero-order valence-electron chi connectivity index (χ0n) is 12.2. The average Bonchev–Trinajstić information content (AvgIpc) is 3.07. The fraction of sp³-hybridized carbons (Fsp3) is 0.357. The summed E-state index contributed by atoms with van der Waals surface area (Å²) in [6, 6.07) is 6.56. The molecule has 0 aliphatic heterocycles. The standard InChI is InChI=1S/C14H17N5O3/c1-2-3-8-15-13(20)9-22-14(21)11-4-6-12(7-5-11)19-10-16-17-18-19/h4-7,10H,2-3,8-9H2,1H3,(H,15,20). The first-order valence-corrected chi connectivity index (χ1v) is 6.98. The number of benzene rings is 1. The Bertz CT molecular complexity index is 610. The van der Waals surface area contributed by atoms with Gasteiger partial charge in [0.05, 0.1) is 11.3 Å². The van der Waals surface area contributed by atoms with Gasteiger partial charge in [-0.25, -0.2) is 9.48 Å². The molecule has 0 bridgehead atoms. The Labute approximate surface area is 127 Å². The quantitative estimate of drug-likeness (QED) is 0.598. The lowest BCUT2D eigenvalue weighted by atomic mass is 10.2. The second-order valence-electron chi connectivity index (χ2n) is 4.58. The Morgan fingerprint density at radius 2 is 2.05 bits per heavy atom. The fourth-order valence-corrected chi connectivity index (χ4v) is 1.70. The summed E-state index contributed by atoms with van der Waals surface area (Å²) in [6.07, 6.45) is 3.35. The lowest BCUT2D eigenvalue weighted by Crippen LogP contribution is -2.29. The third-order valence-corrected chi connectivity index (χ3v) is 2.90. The molecular formula is C14H17N5O3. The van der Waals surface area contributed by atoms with Crippen LogP contribution >= 0.6 is 0 Å². The highest BCUT2D eigenvalue weighted by Crippen LogP contribution is 2.08. The molecule has 0 aliphatic carbocycles. The van der Waals surface area contributed by atoms with Gasteiger partial charge in [0.25, 0.3) is 5.91 Å². The first kappa shape index (κ1) is 15.6. The number of hydrogen-bond donors (Lipinski definition) is 1. The lowest BCUT2D eigenvalue weighted by molar-refractivity contribution is -0.124. The molecule has 2 rings (SSSR count). The summed E-state index contributed by atoms with van der Waals surface area (Å²) < 4.78 is 6.42. The van der Waals surface area contributed by atoms with Crippen molar-refractivity contribution in [2.75, 3.05) is 13.2 Å². The molecule has 0 aliphatic rings. The van der Waals surface area contributed by atoms with Crippen molar-refractivity contribution in [2.45, 2.75) is 19.8 Å². The monoisotopic (exact) mass is 303 g/mol. The van der Waals surface area contributed by atoms with E-state index in [1.807, 2.05) is 6.92 Å². The van der Waals surface area contributed by atoms with Crippen molar-refractivity contribution >= 4 is 11.9 Å². The molecule has 0 radical (unpaired) electrons. The highest BCUT2D eigenvalue weighted by Gasteiger charge is 2.10. The third kappa shape index (κ3) is 4.37. The van der Waals surface area contributed by atoms with Crippen LogP contribution in [0.15, 0.2) is 30.6 Å². The SMILES string of the molecule is CCCCNC(=O)COC(=O)c1ccc(-n2cnnn2)cc1. The first-order chi connectivity index (χ1) is 10.7.